The van der Waals surface area contributed by atoms with Crippen LogP contribution in [0, 0.1) is 0 Å². The number of nitrogens with two attached hydrogens (primary N) is 1. The lowest BCUT2D eigenvalue weighted by Crippen LogP contribution is -2.05. The number of rotatable bonds is 4. The van der Waals surface area contributed by atoms with Gasteiger partial charge in [0.1, 0.15) is 9.90 Å². The van der Waals surface area contributed by atoms with Gasteiger partial charge in [0.05, 0.1) is 0 Å². The van der Waals surface area contributed by atoms with Gasteiger partial charge in [-0.2, -0.15) is 4.37 Å². The van der Waals surface area contributed by atoms with Crippen LogP contribution in [0.5, 0.6) is 0 Å². The first-order chi connectivity index (χ1) is 7.32. The smallest absolute Gasteiger partial charge is 0.182 e. The van der Waals surface area contributed by atoms with Gasteiger partial charge < -0.3 is 11.1 Å². The van der Waals surface area contributed by atoms with E-state index in [0.717, 1.165) is 23.4 Å². The molecule has 90 valence electrons. The predicted octanol–water partition coefficient (Wildman–Crippen LogP) is 1.51. The fourth-order valence-corrected chi connectivity index (χ4v) is 3.19. The summed E-state index contributed by atoms with van der Waals surface area (Å²) in [5.74, 6) is 0.0622. The summed E-state index contributed by atoms with van der Waals surface area (Å²) >= 11 is 1.06. The lowest BCUT2D eigenvalue weighted by Gasteiger charge is -2.03. The summed E-state index contributed by atoms with van der Waals surface area (Å²) in [6.07, 6.45) is 3.08. The number of aromatic nitrogens is 1. The van der Waals surface area contributed by atoms with Crippen LogP contribution in [0.3, 0.4) is 0 Å². The first-order valence-electron chi connectivity index (χ1n) is 4.65. The molecule has 5 nitrogen and oxygen atoms in total. The molecule has 0 atom stereocenters. The summed E-state index contributed by atoms with van der Waals surface area (Å²) in [4.78, 5) is 0.0969. The van der Waals surface area contributed by atoms with Crippen LogP contribution in [0.4, 0.5) is 10.8 Å². The molecule has 0 spiro atoms. The van der Waals surface area contributed by atoms with Gasteiger partial charge in [-0.3, -0.25) is 0 Å². The molecule has 1 rings (SSSR count). The van der Waals surface area contributed by atoms with Crippen molar-refractivity contribution >= 4 is 32.2 Å². The minimum Gasteiger partial charge on any atom is -0.382 e. The molecule has 3 N–H and O–H groups in total. The molecule has 1 heterocycles. The quantitative estimate of drug-likeness (QED) is 0.802. The second-order valence-electron chi connectivity index (χ2n) is 3.66. The monoisotopic (exact) mass is 261 g/mol. The standard InChI is InChI=1S/C9H15N3O2S2/c1-6(2)4-5-11-9-7(16(3,13)14)8(10)12-15-9/h4,11H,5H2,1-3H3,(H2,10,12). The summed E-state index contributed by atoms with van der Waals surface area (Å²) in [5.41, 5.74) is 6.68. The van der Waals surface area contributed by atoms with Gasteiger partial charge in [0.15, 0.2) is 15.7 Å². The van der Waals surface area contributed by atoms with Crippen LogP contribution in [0.15, 0.2) is 16.5 Å². The Morgan fingerprint density at radius 2 is 2.19 bits per heavy atom. The molecule has 0 aliphatic carbocycles. The molecule has 7 heteroatoms. The molecule has 0 bridgehead atoms. The summed E-state index contributed by atoms with van der Waals surface area (Å²) in [5, 5.41) is 3.49. The second-order valence-corrected chi connectivity index (χ2v) is 6.39. The lowest BCUT2D eigenvalue weighted by molar-refractivity contribution is 0.602. The van der Waals surface area contributed by atoms with E-state index in [1.807, 2.05) is 19.9 Å². The van der Waals surface area contributed by atoms with Gasteiger partial charge in [0.25, 0.3) is 0 Å². The van der Waals surface area contributed by atoms with Gasteiger partial charge in [0, 0.05) is 12.8 Å². The Kier molecular flexibility index (Phi) is 3.93. The largest absolute Gasteiger partial charge is 0.382 e. The van der Waals surface area contributed by atoms with Crippen LogP contribution in [-0.4, -0.2) is 25.6 Å². The van der Waals surface area contributed by atoms with Gasteiger partial charge in [-0.25, -0.2) is 8.42 Å². The van der Waals surface area contributed by atoms with Crippen LogP contribution in [0.25, 0.3) is 0 Å². The number of allylic oxidation sites excluding steroid dienone is 1. The first-order valence-corrected chi connectivity index (χ1v) is 7.31. The van der Waals surface area contributed by atoms with E-state index in [-0.39, 0.29) is 10.7 Å². The van der Waals surface area contributed by atoms with Crippen molar-refractivity contribution in [3.8, 4) is 0 Å². The normalized spacial score (nSPS) is 11.2. The van der Waals surface area contributed by atoms with E-state index >= 15 is 0 Å². The molecule has 0 saturated heterocycles. The second kappa shape index (κ2) is 4.84. The molecule has 16 heavy (non-hydrogen) atoms. The van der Waals surface area contributed by atoms with Crippen molar-refractivity contribution in [1.29, 1.82) is 0 Å². The summed E-state index contributed by atoms with van der Waals surface area (Å²) < 4.78 is 26.8. The zero-order chi connectivity index (χ0) is 12.3. The highest BCUT2D eigenvalue weighted by Gasteiger charge is 2.20. The Labute approximate surface area is 99.4 Å². The van der Waals surface area contributed by atoms with Crippen molar-refractivity contribution in [2.45, 2.75) is 18.7 Å². The number of nitrogen functional groups attached to an aromatic ring is 1. The number of sulfone groups is 1. The topological polar surface area (TPSA) is 85.1 Å². The molecule has 0 saturated carbocycles. The Morgan fingerprint density at radius 3 is 2.69 bits per heavy atom. The number of anilines is 2. The van der Waals surface area contributed by atoms with Crippen molar-refractivity contribution in [3.63, 3.8) is 0 Å². The van der Waals surface area contributed by atoms with E-state index in [9.17, 15) is 8.42 Å². The zero-order valence-electron chi connectivity index (χ0n) is 9.44. The number of hydrogen-bond donors (Lipinski definition) is 2. The maximum atomic E-state index is 11.5. The van der Waals surface area contributed by atoms with E-state index in [0.29, 0.717) is 11.5 Å². The highest BCUT2D eigenvalue weighted by atomic mass is 32.2. The van der Waals surface area contributed by atoms with Gasteiger partial charge in [0.2, 0.25) is 0 Å². The fourth-order valence-electron chi connectivity index (χ4n) is 1.11. The minimum atomic E-state index is -3.33. The highest BCUT2D eigenvalue weighted by molar-refractivity contribution is 7.91. The average molecular weight is 261 g/mol. The first kappa shape index (κ1) is 13.0. The van der Waals surface area contributed by atoms with E-state index in [4.69, 9.17) is 5.73 Å². The fraction of sp³-hybridized carbons (Fsp3) is 0.444. The van der Waals surface area contributed by atoms with Crippen LogP contribution in [-0.2, 0) is 9.84 Å². The van der Waals surface area contributed by atoms with Gasteiger partial charge in [-0.05, 0) is 25.4 Å². The minimum absolute atomic E-state index is 0.0622. The van der Waals surface area contributed by atoms with Crippen molar-refractivity contribution in [2.24, 2.45) is 0 Å². The van der Waals surface area contributed by atoms with Crippen LogP contribution >= 0.6 is 11.5 Å². The van der Waals surface area contributed by atoms with Crippen LogP contribution in [0.1, 0.15) is 13.8 Å². The maximum Gasteiger partial charge on any atom is 0.182 e. The average Bonchev–Trinajstić information content (AvgIpc) is 2.45. The molecule has 0 fully saturated rings. The third-order valence-corrected chi connectivity index (χ3v) is 3.92. The van der Waals surface area contributed by atoms with Gasteiger partial charge in [-0.1, -0.05) is 11.6 Å². The molecular formula is C9H15N3O2S2. The Hall–Kier alpha value is -1.08. The predicted molar refractivity (Wildman–Crippen MR) is 67.6 cm³/mol. The van der Waals surface area contributed by atoms with Gasteiger partial charge >= 0.3 is 0 Å². The van der Waals surface area contributed by atoms with E-state index in [2.05, 4.69) is 9.69 Å². The van der Waals surface area contributed by atoms with Crippen molar-refractivity contribution in [3.05, 3.63) is 11.6 Å². The summed E-state index contributed by atoms with van der Waals surface area (Å²) in [6, 6.07) is 0. The Balaban J connectivity index is 2.95. The van der Waals surface area contributed by atoms with E-state index in [1.54, 1.807) is 0 Å². The van der Waals surface area contributed by atoms with E-state index < -0.39 is 9.84 Å². The SMILES string of the molecule is CC(C)=CCNc1snc(N)c1S(C)(=O)=O. The summed E-state index contributed by atoms with van der Waals surface area (Å²) in [6.45, 7) is 4.51. The maximum absolute atomic E-state index is 11.5. The van der Waals surface area contributed by atoms with Crippen molar-refractivity contribution < 1.29 is 8.42 Å². The van der Waals surface area contributed by atoms with E-state index in [1.165, 1.54) is 0 Å². The highest BCUT2D eigenvalue weighted by Crippen LogP contribution is 2.30. The van der Waals surface area contributed by atoms with Crippen LogP contribution in [0.2, 0.25) is 0 Å². The zero-order valence-corrected chi connectivity index (χ0v) is 11.1. The molecule has 0 aromatic carbocycles. The van der Waals surface area contributed by atoms with Crippen LogP contribution < -0.4 is 11.1 Å². The summed E-state index contributed by atoms with van der Waals surface area (Å²) in [7, 11) is -3.33. The molecule has 0 radical (unpaired) electrons. The lowest BCUT2D eigenvalue weighted by atomic mass is 10.3. The molecule has 1 aromatic rings. The molecule has 0 aliphatic rings. The third kappa shape index (κ3) is 3.21. The number of nitrogens with one attached hydrogen (secondary N) is 1. The van der Waals surface area contributed by atoms with Gasteiger partial charge in [-0.15, -0.1) is 0 Å². The molecular weight excluding hydrogens is 246 g/mol. The van der Waals surface area contributed by atoms with Crippen molar-refractivity contribution in [1.82, 2.24) is 4.37 Å². The number of hydrogen-bond acceptors (Lipinski definition) is 6. The Bertz CT molecular complexity index is 499. The molecule has 0 unspecified atom stereocenters. The third-order valence-electron chi connectivity index (χ3n) is 1.82. The van der Waals surface area contributed by atoms with Crippen molar-refractivity contribution in [2.75, 3.05) is 23.9 Å². The molecule has 1 aromatic heterocycles. The molecule has 0 aliphatic heterocycles. The molecule has 0 amide bonds. The number of nitrogens with zero attached hydrogens (tertiary/aromatic N) is 1. The Morgan fingerprint density at radius 1 is 1.56 bits per heavy atom.